The van der Waals surface area contributed by atoms with Crippen molar-refractivity contribution < 1.29 is 23.1 Å². The summed E-state index contributed by atoms with van der Waals surface area (Å²) in [6.45, 7) is 4.52. The molecule has 1 saturated carbocycles. The molecule has 2 aromatic carbocycles. The quantitative estimate of drug-likeness (QED) is 0.272. The van der Waals surface area contributed by atoms with Gasteiger partial charge in [0.05, 0.1) is 32.3 Å². The predicted octanol–water partition coefficient (Wildman–Crippen LogP) is 5.74. The van der Waals surface area contributed by atoms with Crippen molar-refractivity contribution in [2.75, 3.05) is 11.9 Å². The summed E-state index contributed by atoms with van der Waals surface area (Å²) in [5, 5.41) is 9.35. The Labute approximate surface area is 228 Å². The highest BCUT2D eigenvalue weighted by atomic mass is 35.5. The number of anilines is 2. The van der Waals surface area contributed by atoms with Crippen molar-refractivity contribution >= 4 is 57.7 Å². The van der Waals surface area contributed by atoms with E-state index in [-0.39, 0.29) is 34.8 Å². The van der Waals surface area contributed by atoms with Crippen LogP contribution in [0.15, 0.2) is 36.4 Å². The Morgan fingerprint density at radius 2 is 2.00 bits per heavy atom. The zero-order valence-electron chi connectivity index (χ0n) is 20.8. The van der Waals surface area contributed by atoms with Gasteiger partial charge in [-0.2, -0.15) is 0 Å². The number of aryl methyl sites for hydroxylation is 1. The molecule has 0 spiro atoms. The number of benzene rings is 2. The Morgan fingerprint density at radius 1 is 1.26 bits per heavy atom. The third kappa shape index (κ3) is 6.02. The summed E-state index contributed by atoms with van der Waals surface area (Å²) >= 11 is 13.0. The van der Waals surface area contributed by atoms with Crippen LogP contribution in [0.2, 0.25) is 10.0 Å². The number of carbonyl (C=O) groups is 2. The lowest BCUT2D eigenvalue weighted by molar-refractivity contribution is -0.117. The number of fused-ring (bicyclic) bond motifs is 1. The molecule has 2 amide bonds. The molecule has 0 atom stereocenters. The standard InChI is InChI=1S/C26H27Cl2F2N5O3/c1-13(2)24(36)31-11-14-7-8-17(27)23(22(14)28)34-26-33-18-9-16(25(37)32-15-5-4-6-15)20(38-12-21(29)30)10-19(18)35(26)3/h7-10,15,21H,1,4-6,11-12H2,2-3H3,(H,31,36)(H,32,37)(H,33,34). The van der Waals surface area contributed by atoms with Gasteiger partial charge >= 0.3 is 0 Å². The lowest BCUT2D eigenvalue weighted by atomic mass is 9.93. The van der Waals surface area contributed by atoms with Gasteiger partial charge in [0.2, 0.25) is 11.9 Å². The molecule has 3 N–H and O–H groups in total. The molecule has 12 heteroatoms. The van der Waals surface area contributed by atoms with Crippen molar-refractivity contribution in [1.29, 1.82) is 0 Å². The van der Waals surface area contributed by atoms with Gasteiger partial charge in [-0.05, 0) is 43.9 Å². The topological polar surface area (TPSA) is 97.3 Å². The fourth-order valence-corrected chi connectivity index (χ4v) is 4.41. The molecule has 8 nitrogen and oxygen atoms in total. The van der Waals surface area contributed by atoms with E-state index in [1.54, 1.807) is 30.7 Å². The maximum atomic E-state index is 12.9. The lowest BCUT2D eigenvalue weighted by Gasteiger charge is -2.26. The number of rotatable bonds is 10. The van der Waals surface area contributed by atoms with E-state index >= 15 is 0 Å². The van der Waals surface area contributed by atoms with Crippen molar-refractivity contribution in [3.8, 4) is 5.75 Å². The summed E-state index contributed by atoms with van der Waals surface area (Å²) in [5.41, 5.74) is 2.45. The fraction of sp³-hybridized carbons (Fsp3) is 0.346. The van der Waals surface area contributed by atoms with Gasteiger partial charge < -0.3 is 25.3 Å². The molecule has 4 rings (SSSR count). The number of hydrogen-bond acceptors (Lipinski definition) is 5. The van der Waals surface area contributed by atoms with Crippen LogP contribution in [-0.2, 0) is 18.4 Å². The van der Waals surface area contributed by atoms with Crippen LogP contribution in [0.3, 0.4) is 0 Å². The van der Waals surface area contributed by atoms with Crippen LogP contribution in [-0.4, -0.2) is 40.4 Å². The van der Waals surface area contributed by atoms with E-state index in [2.05, 4.69) is 27.5 Å². The van der Waals surface area contributed by atoms with Crippen molar-refractivity contribution in [2.45, 2.75) is 45.2 Å². The van der Waals surface area contributed by atoms with Crippen LogP contribution in [0.5, 0.6) is 5.75 Å². The van der Waals surface area contributed by atoms with E-state index < -0.39 is 18.9 Å². The van der Waals surface area contributed by atoms with Crippen molar-refractivity contribution in [2.24, 2.45) is 7.05 Å². The maximum absolute atomic E-state index is 12.9. The highest BCUT2D eigenvalue weighted by Gasteiger charge is 2.24. The van der Waals surface area contributed by atoms with Crippen molar-refractivity contribution in [3.05, 3.63) is 57.6 Å². The smallest absolute Gasteiger partial charge is 0.272 e. The van der Waals surface area contributed by atoms with Gasteiger partial charge in [-0.1, -0.05) is 35.8 Å². The van der Waals surface area contributed by atoms with Gasteiger partial charge in [-0.15, -0.1) is 0 Å². The van der Waals surface area contributed by atoms with E-state index in [9.17, 15) is 18.4 Å². The number of aromatic nitrogens is 2. The van der Waals surface area contributed by atoms with E-state index in [0.29, 0.717) is 38.8 Å². The first kappa shape index (κ1) is 27.7. The number of ether oxygens (including phenoxy) is 1. The minimum absolute atomic E-state index is 0.0375. The first-order valence-corrected chi connectivity index (χ1v) is 12.7. The zero-order valence-corrected chi connectivity index (χ0v) is 22.3. The summed E-state index contributed by atoms with van der Waals surface area (Å²) < 4.78 is 32.8. The summed E-state index contributed by atoms with van der Waals surface area (Å²) in [6.07, 6.45) is 0.0708. The van der Waals surface area contributed by atoms with Crippen LogP contribution in [0.1, 0.15) is 42.1 Å². The molecule has 3 aromatic rings. The molecular formula is C26H27Cl2F2N5O3. The van der Waals surface area contributed by atoms with E-state index in [0.717, 1.165) is 19.3 Å². The highest BCUT2D eigenvalue weighted by Crippen LogP contribution is 2.37. The predicted molar refractivity (Wildman–Crippen MR) is 144 cm³/mol. The first-order chi connectivity index (χ1) is 18.0. The fourth-order valence-electron chi connectivity index (χ4n) is 3.88. The Balaban J connectivity index is 1.67. The average Bonchev–Trinajstić information content (AvgIpc) is 3.15. The number of carbonyl (C=O) groups excluding carboxylic acids is 2. The zero-order chi connectivity index (χ0) is 27.6. The molecule has 0 saturated heterocycles. The Bertz CT molecular complexity index is 1410. The molecule has 0 radical (unpaired) electrons. The molecule has 202 valence electrons. The maximum Gasteiger partial charge on any atom is 0.272 e. The monoisotopic (exact) mass is 565 g/mol. The van der Waals surface area contributed by atoms with Gasteiger partial charge in [-0.25, -0.2) is 13.8 Å². The molecule has 0 bridgehead atoms. The summed E-state index contributed by atoms with van der Waals surface area (Å²) in [5.74, 6) is -0.335. The van der Waals surface area contributed by atoms with Gasteiger partial charge in [0, 0.05) is 31.3 Å². The molecule has 0 unspecified atom stereocenters. The number of nitrogens with one attached hydrogen (secondary N) is 3. The Hall–Kier alpha value is -3.37. The second-order valence-corrected chi connectivity index (χ2v) is 9.90. The molecule has 0 aliphatic heterocycles. The van der Waals surface area contributed by atoms with Gasteiger partial charge in [0.25, 0.3) is 12.3 Å². The normalized spacial score (nSPS) is 13.3. The van der Waals surface area contributed by atoms with E-state index in [1.807, 2.05) is 0 Å². The largest absolute Gasteiger partial charge is 0.487 e. The van der Waals surface area contributed by atoms with Crippen LogP contribution in [0.4, 0.5) is 20.4 Å². The minimum Gasteiger partial charge on any atom is -0.487 e. The van der Waals surface area contributed by atoms with Crippen molar-refractivity contribution in [3.63, 3.8) is 0 Å². The molecule has 1 aliphatic carbocycles. The van der Waals surface area contributed by atoms with Crippen LogP contribution in [0, 0.1) is 0 Å². The van der Waals surface area contributed by atoms with Gasteiger partial charge in [-0.3, -0.25) is 9.59 Å². The van der Waals surface area contributed by atoms with Crippen molar-refractivity contribution in [1.82, 2.24) is 20.2 Å². The third-order valence-corrected chi connectivity index (χ3v) is 7.01. The second-order valence-electron chi connectivity index (χ2n) is 9.12. The summed E-state index contributed by atoms with van der Waals surface area (Å²) in [6, 6.07) is 6.42. The molecule has 1 aliphatic rings. The molecule has 38 heavy (non-hydrogen) atoms. The van der Waals surface area contributed by atoms with Crippen LogP contribution in [0.25, 0.3) is 11.0 Å². The second kappa shape index (κ2) is 11.6. The van der Waals surface area contributed by atoms with Crippen LogP contribution >= 0.6 is 23.2 Å². The Kier molecular flexibility index (Phi) is 8.42. The summed E-state index contributed by atoms with van der Waals surface area (Å²) in [7, 11) is 1.71. The lowest BCUT2D eigenvalue weighted by Crippen LogP contribution is -2.39. The molecule has 1 fully saturated rings. The SMILES string of the molecule is C=C(C)C(=O)NCc1ccc(Cl)c(Nc2nc3cc(C(=O)NC4CCC4)c(OCC(F)F)cc3n2C)c1Cl. The first-order valence-electron chi connectivity index (χ1n) is 11.9. The molecule has 1 heterocycles. The van der Waals surface area contributed by atoms with E-state index in [4.69, 9.17) is 27.9 Å². The number of halogens is 4. The van der Waals surface area contributed by atoms with Gasteiger partial charge in [0.15, 0.2) is 0 Å². The third-order valence-electron chi connectivity index (χ3n) is 6.27. The average molecular weight is 566 g/mol. The molecular weight excluding hydrogens is 539 g/mol. The Morgan fingerprint density at radius 3 is 2.63 bits per heavy atom. The number of amides is 2. The number of hydrogen-bond donors (Lipinski definition) is 3. The molecule has 1 aromatic heterocycles. The number of nitrogens with zero attached hydrogens (tertiary/aromatic N) is 2. The number of alkyl halides is 2. The van der Waals surface area contributed by atoms with Crippen LogP contribution < -0.4 is 20.7 Å². The minimum atomic E-state index is -2.70. The van der Waals surface area contributed by atoms with E-state index in [1.165, 1.54) is 12.1 Å². The highest BCUT2D eigenvalue weighted by molar-refractivity contribution is 6.39. The summed E-state index contributed by atoms with van der Waals surface area (Å²) in [4.78, 5) is 29.4. The number of imidazole rings is 1. The van der Waals surface area contributed by atoms with Gasteiger partial charge in [0.1, 0.15) is 12.4 Å².